The van der Waals surface area contributed by atoms with Crippen LogP contribution in [-0.2, 0) is 26.9 Å². The fraction of sp³-hybridized carbons (Fsp3) is 0.619. The molecule has 0 spiro atoms. The fourth-order valence-electron chi connectivity index (χ4n) is 3.88. The third-order valence-corrected chi connectivity index (χ3v) is 5.33. The second kappa shape index (κ2) is 8.29. The van der Waals surface area contributed by atoms with Crippen LogP contribution in [0.15, 0.2) is 12.1 Å². The predicted molar refractivity (Wildman–Crippen MR) is 103 cm³/mol. The van der Waals surface area contributed by atoms with E-state index < -0.39 is 47.3 Å². The predicted octanol–water partition coefficient (Wildman–Crippen LogP) is 3.93. The van der Waals surface area contributed by atoms with Crippen LogP contribution >= 0.6 is 0 Å². The van der Waals surface area contributed by atoms with Gasteiger partial charge in [-0.1, -0.05) is 0 Å². The van der Waals surface area contributed by atoms with Gasteiger partial charge in [-0.2, -0.15) is 13.2 Å². The molecular weight excluding hydrogens is 420 g/mol. The van der Waals surface area contributed by atoms with Gasteiger partial charge in [-0.25, -0.2) is 9.18 Å². The van der Waals surface area contributed by atoms with Crippen molar-refractivity contribution in [3.05, 3.63) is 34.6 Å². The molecule has 6 nitrogen and oxygen atoms in total. The van der Waals surface area contributed by atoms with Gasteiger partial charge in [0.25, 0.3) is 5.91 Å². The number of morpholine rings is 1. The molecule has 1 saturated heterocycles. The molecule has 2 amide bonds. The van der Waals surface area contributed by atoms with E-state index in [2.05, 4.69) is 0 Å². The van der Waals surface area contributed by atoms with E-state index in [1.54, 1.807) is 27.7 Å². The van der Waals surface area contributed by atoms with Gasteiger partial charge in [0.15, 0.2) is 6.10 Å². The molecule has 1 aromatic rings. The molecule has 10 heteroatoms. The van der Waals surface area contributed by atoms with Crippen molar-refractivity contribution in [2.45, 2.75) is 58.0 Å². The summed E-state index contributed by atoms with van der Waals surface area (Å²) in [6.07, 6.45) is -6.07. The average molecular weight is 446 g/mol. The molecule has 31 heavy (non-hydrogen) atoms. The third kappa shape index (κ3) is 5.11. The van der Waals surface area contributed by atoms with Crippen molar-refractivity contribution in [3.8, 4) is 0 Å². The number of fused-ring (bicyclic) bond motifs is 1. The standard InChI is InChI=1S/C21H26F4N2O4/c1-12-17-13(9-14(10-15(17)22)21(23,24)25)5-6-27(12)18(28)16-11-26(7-8-30-16)19(29)31-20(2,3)4/h9-10,12,16H,5-8,11H2,1-4H3/t12?,16-/m1/s1. The Labute approximate surface area is 178 Å². The van der Waals surface area contributed by atoms with E-state index in [1.807, 2.05) is 0 Å². The average Bonchev–Trinajstić information content (AvgIpc) is 2.65. The molecule has 0 N–H and O–H groups in total. The molecule has 2 aliphatic heterocycles. The monoisotopic (exact) mass is 446 g/mol. The number of halogens is 4. The zero-order valence-electron chi connectivity index (χ0n) is 17.9. The number of alkyl halides is 3. The van der Waals surface area contributed by atoms with Crippen molar-refractivity contribution in [2.75, 3.05) is 26.2 Å². The fourth-order valence-corrected chi connectivity index (χ4v) is 3.88. The number of carbonyl (C=O) groups excluding carboxylic acids is 2. The smallest absolute Gasteiger partial charge is 0.416 e. The lowest BCUT2D eigenvalue weighted by molar-refractivity contribution is -0.151. The minimum atomic E-state index is -4.65. The Balaban J connectivity index is 1.76. The molecule has 0 radical (unpaired) electrons. The van der Waals surface area contributed by atoms with Gasteiger partial charge in [0.2, 0.25) is 0 Å². The quantitative estimate of drug-likeness (QED) is 0.614. The number of amides is 2. The van der Waals surface area contributed by atoms with Gasteiger partial charge in [-0.15, -0.1) is 0 Å². The summed E-state index contributed by atoms with van der Waals surface area (Å²) >= 11 is 0. The van der Waals surface area contributed by atoms with Crippen molar-refractivity contribution in [1.29, 1.82) is 0 Å². The van der Waals surface area contributed by atoms with Crippen molar-refractivity contribution in [3.63, 3.8) is 0 Å². The largest absolute Gasteiger partial charge is 0.444 e. The first-order valence-corrected chi connectivity index (χ1v) is 10.1. The molecule has 1 aromatic carbocycles. The maximum absolute atomic E-state index is 14.6. The van der Waals surface area contributed by atoms with E-state index in [4.69, 9.17) is 9.47 Å². The highest BCUT2D eigenvalue weighted by Crippen LogP contribution is 2.37. The normalized spacial score (nSPS) is 22.2. The van der Waals surface area contributed by atoms with Crippen LogP contribution in [0, 0.1) is 5.82 Å². The van der Waals surface area contributed by atoms with Crippen molar-refractivity contribution >= 4 is 12.0 Å². The second-order valence-electron chi connectivity index (χ2n) is 8.77. The second-order valence-corrected chi connectivity index (χ2v) is 8.77. The van der Waals surface area contributed by atoms with Gasteiger partial charge < -0.3 is 19.3 Å². The van der Waals surface area contributed by atoms with E-state index in [0.29, 0.717) is 6.07 Å². The minimum Gasteiger partial charge on any atom is -0.444 e. The molecule has 0 bridgehead atoms. The molecular formula is C21H26F4N2O4. The maximum Gasteiger partial charge on any atom is 0.416 e. The first-order valence-electron chi connectivity index (χ1n) is 10.1. The lowest BCUT2D eigenvalue weighted by Gasteiger charge is -2.40. The summed E-state index contributed by atoms with van der Waals surface area (Å²) in [6, 6.07) is 0.641. The van der Waals surface area contributed by atoms with Crippen LogP contribution in [-0.4, -0.2) is 59.7 Å². The molecule has 0 aliphatic carbocycles. The Morgan fingerprint density at radius 2 is 1.84 bits per heavy atom. The Bertz CT molecular complexity index is 866. The number of hydrogen-bond donors (Lipinski definition) is 0. The van der Waals surface area contributed by atoms with Gasteiger partial charge in [-0.3, -0.25) is 4.79 Å². The summed E-state index contributed by atoms with van der Waals surface area (Å²) in [5.74, 6) is -1.43. The topological polar surface area (TPSA) is 59.1 Å². The summed E-state index contributed by atoms with van der Waals surface area (Å²) in [4.78, 5) is 28.2. The van der Waals surface area contributed by atoms with Gasteiger partial charge in [0, 0.05) is 18.7 Å². The van der Waals surface area contributed by atoms with Crippen LogP contribution in [0.1, 0.15) is 50.4 Å². The molecule has 0 saturated carbocycles. The first kappa shape index (κ1) is 23.3. The van der Waals surface area contributed by atoms with E-state index in [1.165, 1.54) is 9.80 Å². The van der Waals surface area contributed by atoms with E-state index in [-0.39, 0.29) is 43.8 Å². The lowest BCUT2D eigenvalue weighted by atomic mass is 9.90. The highest BCUT2D eigenvalue weighted by Gasteiger charge is 2.39. The van der Waals surface area contributed by atoms with Crippen LogP contribution in [0.3, 0.4) is 0 Å². The molecule has 1 fully saturated rings. The minimum absolute atomic E-state index is 0.0146. The molecule has 2 aliphatic rings. The van der Waals surface area contributed by atoms with Crippen LogP contribution < -0.4 is 0 Å². The van der Waals surface area contributed by atoms with Crippen LogP contribution in [0.2, 0.25) is 0 Å². The molecule has 0 aromatic heterocycles. The van der Waals surface area contributed by atoms with Crippen molar-refractivity contribution < 1.29 is 36.6 Å². The number of benzene rings is 1. The number of carbonyl (C=O) groups is 2. The maximum atomic E-state index is 14.6. The molecule has 2 heterocycles. The van der Waals surface area contributed by atoms with Gasteiger partial charge in [0.05, 0.1) is 24.8 Å². The van der Waals surface area contributed by atoms with E-state index in [9.17, 15) is 27.2 Å². The van der Waals surface area contributed by atoms with Crippen molar-refractivity contribution in [1.82, 2.24) is 9.80 Å². The van der Waals surface area contributed by atoms with Crippen LogP contribution in [0.25, 0.3) is 0 Å². The molecule has 2 atom stereocenters. The summed E-state index contributed by atoms with van der Waals surface area (Å²) in [5, 5.41) is 0. The summed E-state index contributed by atoms with van der Waals surface area (Å²) in [6.45, 7) is 7.29. The third-order valence-electron chi connectivity index (χ3n) is 5.33. The molecule has 172 valence electrons. The number of nitrogens with zero attached hydrogens (tertiary/aromatic N) is 2. The van der Waals surface area contributed by atoms with Crippen molar-refractivity contribution in [2.24, 2.45) is 0 Å². The first-order chi connectivity index (χ1) is 14.3. The van der Waals surface area contributed by atoms with Crippen LogP contribution in [0.5, 0.6) is 0 Å². The number of ether oxygens (including phenoxy) is 2. The highest BCUT2D eigenvalue weighted by molar-refractivity contribution is 5.83. The van der Waals surface area contributed by atoms with Crippen LogP contribution in [0.4, 0.5) is 22.4 Å². The zero-order valence-corrected chi connectivity index (χ0v) is 17.9. The summed E-state index contributed by atoms with van der Waals surface area (Å²) in [7, 11) is 0. The van der Waals surface area contributed by atoms with Gasteiger partial charge in [0.1, 0.15) is 11.4 Å². The summed E-state index contributed by atoms with van der Waals surface area (Å²) in [5.41, 5.74) is -1.41. The Morgan fingerprint density at radius 1 is 1.16 bits per heavy atom. The number of rotatable bonds is 1. The summed E-state index contributed by atoms with van der Waals surface area (Å²) < 4.78 is 64.5. The highest BCUT2D eigenvalue weighted by atomic mass is 19.4. The van der Waals surface area contributed by atoms with Gasteiger partial charge in [-0.05, 0) is 51.8 Å². The van der Waals surface area contributed by atoms with E-state index >= 15 is 0 Å². The zero-order chi connectivity index (χ0) is 23.1. The molecule has 1 unspecified atom stereocenters. The van der Waals surface area contributed by atoms with Gasteiger partial charge >= 0.3 is 12.3 Å². The van der Waals surface area contributed by atoms with E-state index in [0.717, 1.165) is 6.07 Å². The Morgan fingerprint density at radius 3 is 2.45 bits per heavy atom. The Hall–Kier alpha value is -2.36. The Kier molecular flexibility index (Phi) is 6.23. The SMILES string of the molecule is CC1c2c(F)cc(C(F)(F)F)cc2CCN1C(=O)[C@H]1CN(C(=O)OC(C)(C)C)CCO1. The lowest BCUT2D eigenvalue weighted by Crippen LogP contribution is -2.54. The number of hydrogen-bond acceptors (Lipinski definition) is 4. The molecule has 3 rings (SSSR count).